The van der Waals surface area contributed by atoms with E-state index in [2.05, 4.69) is 0 Å². The Kier molecular flexibility index (Phi) is 3.66. The molecule has 1 aliphatic carbocycles. The molecular weight excluding hydrogens is 192 g/mol. The number of carbonyl (C=O) groups excluding carboxylic acids is 2. The van der Waals surface area contributed by atoms with Crippen molar-refractivity contribution < 1.29 is 14.3 Å². The van der Waals surface area contributed by atoms with Crippen LogP contribution < -0.4 is 0 Å². The second kappa shape index (κ2) is 4.60. The van der Waals surface area contributed by atoms with Crippen LogP contribution in [0.15, 0.2) is 11.6 Å². The van der Waals surface area contributed by atoms with Crippen molar-refractivity contribution in [2.75, 3.05) is 0 Å². The van der Waals surface area contributed by atoms with E-state index in [1.165, 1.54) is 0 Å². The first-order chi connectivity index (χ1) is 6.91. The van der Waals surface area contributed by atoms with Gasteiger partial charge in [0.1, 0.15) is 0 Å². The lowest BCUT2D eigenvalue weighted by atomic mass is 9.79. The zero-order chi connectivity index (χ0) is 11.6. The summed E-state index contributed by atoms with van der Waals surface area (Å²) in [5, 5.41) is 0. The highest BCUT2D eigenvalue weighted by Crippen LogP contribution is 2.29. The first-order valence-electron chi connectivity index (χ1n) is 5.33. The van der Waals surface area contributed by atoms with Crippen molar-refractivity contribution in [3.8, 4) is 0 Å². The van der Waals surface area contributed by atoms with E-state index in [1.807, 2.05) is 27.7 Å². The predicted octanol–water partition coefficient (Wildman–Crippen LogP) is 2.11. The Bertz CT molecular complexity index is 302. The summed E-state index contributed by atoms with van der Waals surface area (Å²) in [4.78, 5) is 23.0. The summed E-state index contributed by atoms with van der Waals surface area (Å²) in [5.74, 6) is -0.300. The number of esters is 1. The third-order valence-corrected chi connectivity index (χ3v) is 2.58. The van der Waals surface area contributed by atoms with Gasteiger partial charge in [0.05, 0.1) is 12.0 Å². The van der Waals surface area contributed by atoms with Crippen LogP contribution in [0.5, 0.6) is 0 Å². The van der Waals surface area contributed by atoms with E-state index in [4.69, 9.17) is 4.74 Å². The minimum atomic E-state index is -0.245. The lowest BCUT2D eigenvalue weighted by Gasteiger charge is -2.26. The van der Waals surface area contributed by atoms with Crippen molar-refractivity contribution in [3.63, 3.8) is 0 Å². The molecule has 0 bridgehead atoms. The number of ketones is 1. The van der Waals surface area contributed by atoms with Crippen molar-refractivity contribution >= 4 is 11.8 Å². The zero-order valence-electron chi connectivity index (χ0n) is 9.74. The summed E-state index contributed by atoms with van der Waals surface area (Å²) < 4.78 is 5.17. The van der Waals surface area contributed by atoms with Crippen LogP contribution in [-0.4, -0.2) is 17.9 Å². The molecule has 0 amide bonds. The van der Waals surface area contributed by atoms with E-state index in [1.54, 1.807) is 6.08 Å². The van der Waals surface area contributed by atoms with E-state index in [0.29, 0.717) is 6.42 Å². The Hall–Kier alpha value is -1.12. The molecule has 3 nitrogen and oxygen atoms in total. The van der Waals surface area contributed by atoms with Crippen LogP contribution in [0, 0.1) is 11.8 Å². The lowest BCUT2D eigenvalue weighted by Crippen LogP contribution is -2.31. The Balaban J connectivity index is 2.80. The molecule has 0 saturated carbocycles. The third-order valence-electron chi connectivity index (χ3n) is 2.58. The van der Waals surface area contributed by atoms with Gasteiger partial charge in [-0.25, -0.2) is 0 Å². The van der Waals surface area contributed by atoms with E-state index >= 15 is 0 Å². The molecule has 0 fully saturated rings. The highest BCUT2D eigenvalue weighted by molar-refractivity contribution is 5.94. The fourth-order valence-electron chi connectivity index (χ4n) is 2.01. The Morgan fingerprint density at radius 3 is 2.60 bits per heavy atom. The van der Waals surface area contributed by atoms with Crippen molar-refractivity contribution in [1.82, 2.24) is 0 Å². The number of hydrogen-bond acceptors (Lipinski definition) is 3. The SMILES string of the molecule is CC1=CC(=O)CC(C)C1C(=O)OC(C)C. The topological polar surface area (TPSA) is 43.4 Å². The molecule has 0 aliphatic heterocycles. The quantitative estimate of drug-likeness (QED) is 0.655. The number of hydrogen-bond donors (Lipinski definition) is 0. The van der Waals surface area contributed by atoms with Crippen LogP contribution in [0.1, 0.15) is 34.1 Å². The van der Waals surface area contributed by atoms with Crippen LogP contribution in [0.3, 0.4) is 0 Å². The number of allylic oxidation sites excluding steroid dienone is 1. The molecule has 0 radical (unpaired) electrons. The average Bonchev–Trinajstić information content (AvgIpc) is 1.99. The average molecular weight is 210 g/mol. The highest BCUT2D eigenvalue weighted by atomic mass is 16.5. The largest absolute Gasteiger partial charge is 0.463 e. The molecule has 2 atom stereocenters. The van der Waals surface area contributed by atoms with Gasteiger partial charge in [0.25, 0.3) is 0 Å². The van der Waals surface area contributed by atoms with E-state index in [0.717, 1.165) is 5.57 Å². The van der Waals surface area contributed by atoms with Crippen LogP contribution >= 0.6 is 0 Å². The van der Waals surface area contributed by atoms with Crippen LogP contribution in [-0.2, 0) is 14.3 Å². The minimum Gasteiger partial charge on any atom is -0.463 e. The van der Waals surface area contributed by atoms with Crippen LogP contribution in [0.4, 0.5) is 0 Å². The first-order valence-corrected chi connectivity index (χ1v) is 5.33. The molecular formula is C12H18O3. The van der Waals surface area contributed by atoms with Crippen LogP contribution in [0.25, 0.3) is 0 Å². The molecule has 0 aromatic rings. The number of rotatable bonds is 2. The summed E-state index contributed by atoms with van der Waals surface area (Å²) in [7, 11) is 0. The van der Waals surface area contributed by atoms with Gasteiger partial charge in [0, 0.05) is 6.42 Å². The summed E-state index contributed by atoms with van der Waals surface area (Å²) >= 11 is 0. The standard InChI is InChI=1S/C12H18O3/c1-7(2)15-12(14)11-8(3)5-10(13)6-9(11)4/h5,7,9,11H,6H2,1-4H3. The molecule has 3 heteroatoms. The van der Waals surface area contributed by atoms with Gasteiger partial charge < -0.3 is 4.74 Å². The van der Waals surface area contributed by atoms with Gasteiger partial charge in [-0.05, 0) is 32.8 Å². The normalized spacial score (nSPS) is 26.5. The second-order valence-corrected chi connectivity index (χ2v) is 4.50. The lowest BCUT2D eigenvalue weighted by molar-refractivity contribution is -0.152. The van der Waals surface area contributed by atoms with Gasteiger partial charge in [0.15, 0.2) is 5.78 Å². The summed E-state index contributed by atoms with van der Waals surface area (Å²) in [6, 6.07) is 0. The first kappa shape index (κ1) is 12.0. The van der Waals surface area contributed by atoms with Crippen LogP contribution in [0.2, 0.25) is 0 Å². The Labute approximate surface area is 90.5 Å². The van der Waals surface area contributed by atoms with Crippen molar-refractivity contribution in [2.24, 2.45) is 11.8 Å². The van der Waals surface area contributed by atoms with Gasteiger partial charge in [-0.3, -0.25) is 9.59 Å². The summed E-state index contributed by atoms with van der Waals surface area (Å²) in [5.41, 5.74) is 0.824. The smallest absolute Gasteiger partial charge is 0.313 e. The van der Waals surface area contributed by atoms with Gasteiger partial charge in [-0.15, -0.1) is 0 Å². The van der Waals surface area contributed by atoms with E-state index in [-0.39, 0.29) is 29.7 Å². The van der Waals surface area contributed by atoms with Gasteiger partial charge in [-0.1, -0.05) is 12.5 Å². The Morgan fingerprint density at radius 1 is 1.53 bits per heavy atom. The van der Waals surface area contributed by atoms with E-state index in [9.17, 15) is 9.59 Å². The molecule has 15 heavy (non-hydrogen) atoms. The fraction of sp³-hybridized carbons (Fsp3) is 0.667. The summed E-state index contributed by atoms with van der Waals surface area (Å²) in [6.07, 6.45) is 1.90. The van der Waals surface area contributed by atoms with Crippen molar-refractivity contribution in [3.05, 3.63) is 11.6 Å². The molecule has 0 spiro atoms. The zero-order valence-corrected chi connectivity index (χ0v) is 9.74. The second-order valence-electron chi connectivity index (χ2n) is 4.50. The molecule has 0 N–H and O–H groups in total. The maximum atomic E-state index is 11.8. The molecule has 0 heterocycles. The molecule has 84 valence electrons. The maximum Gasteiger partial charge on any atom is 0.313 e. The molecule has 1 rings (SSSR count). The van der Waals surface area contributed by atoms with Crippen molar-refractivity contribution in [1.29, 1.82) is 0 Å². The minimum absolute atomic E-state index is 0.0498. The molecule has 0 aromatic carbocycles. The maximum absolute atomic E-state index is 11.8. The molecule has 0 aromatic heterocycles. The monoisotopic (exact) mass is 210 g/mol. The molecule has 1 aliphatic rings. The Morgan fingerprint density at radius 2 is 2.13 bits per heavy atom. The number of carbonyl (C=O) groups is 2. The molecule has 0 saturated heterocycles. The van der Waals surface area contributed by atoms with Gasteiger partial charge >= 0.3 is 5.97 Å². The number of ether oxygens (including phenoxy) is 1. The van der Waals surface area contributed by atoms with Crippen molar-refractivity contribution in [2.45, 2.75) is 40.2 Å². The molecule has 2 unspecified atom stereocenters. The predicted molar refractivity (Wildman–Crippen MR) is 57.3 cm³/mol. The summed E-state index contributed by atoms with van der Waals surface area (Å²) in [6.45, 7) is 7.39. The third kappa shape index (κ3) is 2.91. The van der Waals surface area contributed by atoms with E-state index < -0.39 is 0 Å². The highest BCUT2D eigenvalue weighted by Gasteiger charge is 2.33. The van der Waals surface area contributed by atoms with Gasteiger partial charge in [0.2, 0.25) is 0 Å². The fourth-order valence-corrected chi connectivity index (χ4v) is 2.01. The van der Waals surface area contributed by atoms with Gasteiger partial charge in [-0.2, -0.15) is 0 Å².